The Balaban J connectivity index is 2.31. The number of halogens is 3. The first-order valence-corrected chi connectivity index (χ1v) is 3.77. The standard InChI is InChI=1S/C3H3Cl2I/c4-1-2(5)3(1)6/h1-3H. The van der Waals surface area contributed by atoms with E-state index >= 15 is 0 Å². The predicted octanol–water partition coefficient (Wildman–Crippen LogP) is 2.02. The zero-order chi connectivity index (χ0) is 4.73. The minimum absolute atomic E-state index is 0.243. The summed E-state index contributed by atoms with van der Waals surface area (Å²) in [4.78, 5) is 0. The molecule has 1 aliphatic rings. The van der Waals surface area contributed by atoms with Crippen LogP contribution in [-0.4, -0.2) is 14.7 Å². The molecule has 6 heavy (non-hydrogen) atoms. The van der Waals surface area contributed by atoms with E-state index in [9.17, 15) is 0 Å². The second-order valence-corrected chi connectivity index (χ2v) is 3.78. The molecular formula is C3H3Cl2I. The highest BCUT2D eigenvalue weighted by Gasteiger charge is 2.45. The van der Waals surface area contributed by atoms with Gasteiger partial charge in [0.25, 0.3) is 0 Å². The first-order chi connectivity index (χ1) is 2.73. The van der Waals surface area contributed by atoms with Crippen molar-refractivity contribution in [2.24, 2.45) is 0 Å². The fourth-order valence-corrected chi connectivity index (χ4v) is 1.89. The Labute approximate surface area is 60.3 Å². The lowest BCUT2D eigenvalue weighted by Crippen LogP contribution is -1.63. The van der Waals surface area contributed by atoms with Gasteiger partial charge in [0.05, 0.1) is 10.8 Å². The molecule has 0 bridgehead atoms. The van der Waals surface area contributed by atoms with E-state index in [1.54, 1.807) is 0 Å². The Morgan fingerprint density at radius 2 is 1.33 bits per heavy atom. The molecule has 0 amide bonds. The van der Waals surface area contributed by atoms with Crippen molar-refractivity contribution < 1.29 is 0 Å². The van der Waals surface area contributed by atoms with Crippen molar-refractivity contribution in [3.63, 3.8) is 0 Å². The summed E-state index contributed by atoms with van der Waals surface area (Å²) < 4.78 is 0.519. The SMILES string of the molecule is ClC1C(Cl)C1I. The molecule has 1 fully saturated rings. The summed E-state index contributed by atoms with van der Waals surface area (Å²) in [6, 6.07) is 0. The highest BCUT2D eigenvalue weighted by molar-refractivity contribution is 14.1. The summed E-state index contributed by atoms with van der Waals surface area (Å²) in [6.07, 6.45) is 0. The van der Waals surface area contributed by atoms with Gasteiger partial charge in [-0.3, -0.25) is 0 Å². The second-order valence-electron chi connectivity index (χ2n) is 1.33. The number of alkyl halides is 3. The summed E-state index contributed by atoms with van der Waals surface area (Å²) in [7, 11) is 0. The molecule has 0 radical (unpaired) electrons. The van der Waals surface area contributed by atoms with Gasteiger partial charge < -0.3 is 0 Å². The average molecular weight is 237 g/mol. The fourth-order valence-electron chi connectivity index (χ4n) is 0.208. The van der Waals surface area contributed by atoms with Crippen LogP contribution in [0.2, 0.25) is 0 Å². The number of rotatable bonds is 0. The molecule has 0 aromatic heterocycles. The lowest BCUT2D eigenvalue weighted by atomic mass is 11.0. The molecule has 0 nitrogen and oxygen atoms in total. The minimum Gasteiger partial charge on any atom is -0.120 e. The molecule has 0 saturated heterocycles. The Kier molecular flexibility index (Phi) is 1.52. The molecule has 2 unspecified atom stereocenters. The summed E-state index contributed by atoms with van der Waals surface area (Å²) >= 11 is 13.3. The fraction of sp³-hybridized carbons (Fsp3) is 1.00. The first kappa shape index (κ1) is 5.45. The number of hydrogen-bond donors (Lipinski definition) is 0. The van der Waals surface area contributed by atoms with Crippen molar-refractivity contribution in [3.8, 4) is 0 Å². The van der Waals surface area contributed by atoms with E-state index in [-0.39, 0.29) is 10.8 Å². The monoisotopic (exact) mass is 236 g/mol. The van der Waals surface area contributed by atoms with E-state index in [0.29, 0.717) is 3.92 Å². The van der Waals surface area contributed by atoms with E-state index in [1.165, 1.54) is 0 Å². The highest BCUT2D eigenvalue weighted by atomic mass is 127. The van der Waals surface area contributed by atoms with Crippen molar-refractivity contribution >= 4 is 45.8 Å². The molecule has 1 saturated carbocycles. The number of hydrogen-bond acceptors (Lipinski definition) is 0. The van der Waals surface area contributed by atoms with Gasteiger partial charge in [0.1, 0.15) is 0 Å². The summed E-state index contributed by atoms with van der Waals surface area (Å²) in [5.41, 5.74) is 0. The van der Waals surface area contributed by atoms with Crippen LogP contribution in [0.25, 0.3) is 0 Å². The minimum atomic E-state index is 0.243. The Bertz CT molecular complexity index is 45.5. The van der Waals surface area contributed by atoms with Gasteiger partial charge in [-0.15, -0.1) is 23.2 Å². The molecule has 36 valence electrons. The maximum Gasteiger partial charge on any atom is 0.0642 e. The van der Waals surface area contributed by atoms with Crippen molar-refractivity contribution in [1.29, 1.82) is 0 Å². The Morgan fingerprint density at radius 3 is 1.33 bits per heavy atom. The maximum absolute atomic E-state index is 5.55. The Morgan fingerprint density at radius 1 is 1.17 bits per heavy atom. The van der Waals surface area contributed by atoms with Crippen LogP contribution in [0.5, 0.6) is 0 Å². The van der Waals surface area contributed by atoms with Gasteiger partial charge in [0, 0.05) is 3.92 Å². The van der Waals surface area contributed by atoms with Crippen molar-refractivity contribution in [3.05, 3.63) is 0 Å². The molecule has 0 heterocycles. The van der Waals surface area contributed by atoms with Gasteiger partial charge in [-0.1, -0.05) is 22.6 Å². The van der Waals surface area contributed by atoms with Crippen LogP contribution >= 0.6 is 45.8 Å². The molecular weight excluding hydrogens is 234 g/mol. The molecule has 2 atom stereocenters. The van der Waals surface area contributed by atoms with E-state index < -0.39 is 0 Å². The molecule has 0 N–H and O–H groups in total. The third-order valence-electron chi connectivity index (χ3n) is 0.772. The molecule has 1 rings (SSSR count). The van der Waals surface area contributed by atoms with Gasteiger partial charge in [-0.05, 0) is 0 Å². The maximum atomic E-state index is 5.55. The van der Waals surface area contributed by atoms with E-state index in [0.717, 1.165) is 0 Å². The largest absolute Gasteiger partial charge is 0.120 e. The normalized spacial score (nSPS) is 55.5. The van der Waals surface area contributed by atoms with Crippen LogP contribution < -0.4 is 0 Å². The Hall–Kier alpha value is 1.31. The molecule has 0 aliphatic heterocycles. The topological polar surface area (TPSA) is 0 Å². The zero-order valence-electron chi connectivity index (χ0n) is 2.87. The van der Waals surface area contributed by atoms with Gasteiger partial charge in [-0.25, -0.2) is 0 Å². The quantitative estimate of drug-likeness (QED) is 0.446. The van der Waals surface area contributed by atoms with Crippen LogP contribution in [0.15, 0.2) is 0 Å². The molecule has 0 spiro atoms. The molecule has 0 aromatic rings. The smallest absolute Gasteiger partial charge is 0.0642 e. The van der Waals surface area contributed by atoms with Crippen molar-refractivity contribution in [1.82, 2.24) is 0 Å². The lowest BCUT2D eigenvalue weighted by Gasteiger charge is -1.61. The van der Waals surface area contributed by atoms with Crippen LogP contribution in [0.4, 0.5) is 0 Å². The molecule has 0 aromatic carbocycles. The van der Waals surface area contributed by atoms with Gasteiger partial charge in [-0.2, -0.15) is 0 Å². The predicted molar refractivity (Wildman–Crippen MR) is 37.1 cm³/mol. The summed E-state index contributed by atoms with van der Waals surface area (Å²) in [5.74, 6) is 0. The second kappa shape index (κ2) is 1.67. The third-order valence-corrected chi connectivity index (χ3v) is 4.39. The zero-order valence-corrected chi connectivity index (χ0v) is 6.54. The van der Waals surface area contributed by atoms with Crippen LogP contribution in [0, 0.1) is 0 Å². The summed E-state index contributed by atoms with van der Waals surface area (Å²) in [6.45, 7) is 0. The van der Waals surface area contributed by atoms with Gasteiger partial charge in [0.15, 0.2) is 0 Å². The van der Waals surface area contributed by atoms with Crippen LogP contribution in [-0.2, 0) is 0 Å². The van der Waals surface area contributed by atoms with E-state index in [2.05, 4.69) is 22.6 Å². The average Bonchev–Trinajstić information content (AvgIpc) is 1.94. The van der Waals surface area contributed by atoms with E-state index in [4.69, 9.17) is 23.2 Å². The third kappa shape index (κ3) is 0.771. The highest BCUT2D eigenvalue weighted by Crippen LogP contribution is 2.41. The molecule has 1 aliphatic carbocycles. The van der Waals surface area contributed by atoms with Crippen molar-refractivity contribution in [2.45, 2.75) is 14.7 Å². The van der Waals surface area contributed by atoms with Crippen molar-refractivity contribution in [2.75, 3.05) is 0 Å². The van der Waals surface area contributed by atoms with E-state index in [1.807, 2.05) is 0 Å². The van der Waals surface area contributed by atoms with Gasteiger partial charge in [0.2, 0.25) is 0 Å². The summed E-state index contributed by atoms with van der Waals surface area (Å²) in [5, 5.41) is 0.486. The van der Waals surface area contributed by atoms with Gasteiger partial charge >= 0.3 is 0 Å². The lowest BCUT2D eigenvalue weighted by molar-refractivity contribution is 1.50. The first-order valence-electron chi connectivity index (χ1n) is 1.65. The van der Waals surface area contributed by atoms with Crippen LogP contribution in [0.3, 0.4) is 0 Å². The molecule has 3 heteroatoms. The van der Waals surface area contributed by atoms with Crippen LogP contribution in [0.1, 0.15) is 0 Å².